The van der Waals surface area contributed by atoms with Crippen molar-refractivity contribution >= 4 is 11.6 Å². The highest BCUT2D eigenvalue weighted by molar-refractivity contribution is 6.22. The molecule has 0 aromatic carbocycles. The molecule has 0 radical (unpaired) electrons. The standard InChI is InChI=1S/C19H18ClF2NO/c1-24-16-7-6-14(9-12-5-8-17(21)23-11-12)19(22)18(16)13-3-2-4-15(20)10-13/h2-5,7-8,11,14-15H,6,9-10H2,1H3. The number of alkyl halides is 1. The molecule has 3 rings (SSSR count). The summed E-state index contributed by atoms with van der Waals surface area (Å²) in [6.07, 6.45) is 10.5. The van der Waals surface area contributed by atoms with Crippen LogP contribution >= 0.6 is 11.6 Å². The maximum Gasteiger partial charge on any atom is 0.212 e. The Hall–Kier alpha value is -1.94. The first-order valence-electron chi connectivity index (χ1n) is 7.85. The molecule has 0 aliphatic heterocycles. The fraction of sp³-hybridized carbons (Fsp3) is 0.316. The number of methoxy groups -OCH3 is 1. The Morgan fingerprint density at radius 3 is 2.83 bits per heavy atom. The van der Waals surface area contributed by atoms with Gasteiger partial charge in [0.05, 0.1) is 18.1 Å². The predicted octanol–water partition coefficient (Wildman–Crippen LogP) is 5.03. The Labute approximate surface area is 145 Å². The summed E-state index contributed by atoms with van der Waals surface area (Å²) in [4.78, 5) is 3.64. The zero-order chi connectivity index (χ0) is 17.1. The maximum absolute atomic E-state index is 15.2. The summed E-state index contributed by atoms with van der Waals surface area (Å²) in [6, 6.07) is 2.94. The van der Waals surface area contributed by atoms with Gasteiger partial charge in [0.1, 0.15) is 11.6 Å². The zero-order valence-corrected chi connectivity index (χ0v) is 14.1. The Kier molecular flexibility index (Phi) is 5.14. The Balaban J connectivity index is 1.90. The van der Waals surface area contributed by atoms with Gasteiger partial charge < -0.3 is 4.74 Å². The van der Waals surface area contributed by atoms with Crippen LogP contribution in [-0.4, -0.2) is 17.5 Å². The molecule has 126 valence electrons. The molecule has 1 aromatic rings. The molecule has 5 heteroatoms. The number of aromatic nitrogens is 1. The van der Waals surface area contributed by atoms with Crippen molar-refractivity contribution in [2.24, 2.45) is 5.92 Å². The normalized spacial score (nSPS) is 23.8. The van der Waals surface area contributed by atoms with Gasteiger partial charge in [-0.1, -0.05) is 24.3 Å². The summed E-state index contributed by atoms with van der Waals surface area (Å²) < 4.78 is 33.5. The molecule has 0 fully saturated rings. The monoisotopic (exact) mass is 349 g/mol. The van der Waals surface area contributed by atoms with Crippen LogP contribution in [-0.2, 0) is 11.2 Å². The Morgan fingerprint density at radius 1 is 1.33 bits per heavy atom. The number of hydrogen-bond donors (Lipinski definition) is 0. The Morgan fingerprint density at radius 2 is 2.17 bits per heavy atom. The van der Waals surface area contributed by atoms with Crippen molar-refractivity contribution in [2.45, 2.75) is 24.6 Å². The van der Waals surface area contributed by atoms with E-state index >= 15 is 4.39 Å². The summed E-state index contributed by atoms with van der Waals surface area (Å²) in [6.45, 7) is 0. The maximum atomic E-state index is 15.2. The molecule has 1 aromatic heterocycles. The van der Waals surface area contributed by atoms with Crippen LogP contribution < -0.4 is 0 Å². The first-order chi connectivity index (χ1) is 11.6. The summed E-state index contributed by atoms with van der Waals surface area (Å²) in [7, 11) is 1.54. The quantitative estimate of drug-likeness (QED) is 0.561. The van der Waals surface area contributed by atoms with Gasteiger partial charge in [0.2, 0.25) is 5.95 Å². The van der Waals surface area contributed by atoms with E-state index in [1.807, 2.05) is 24.3 Å². The molecule has 0 bridgehead atoms. The van der Waals surface area contributed by atoms with E-state index in [0.717, 1.165) is 11.1 Å². The number of rotatable bonds is 4. The Bertz CT molecular complexity index is 734. The highest BCUT2D eigenvalue weighted by Gasteiger charge is 2.29. The van der Waals surface area contributed by atoms with Gasteiger partial charge in [-0.2, -0.15) is 4.39 Å². The van der Waals surface area contributed by atoms with Crippen molar-refractivity contribution in [3.8, 4) is 0 Å². The van der Waals surface area contributed by atoms with Gasteiger partial charge in [0.25, 0.3) is 0 Å². The van der Waals surface area contributed by atoms with E-state index in [1.54, 1.807) is 13.2 Å². The molecule has 2 atom stereocenters. The molecular formula is C19H18ClF2NO. The summed E-state index contributed by atoms with van der Waals surface area (Å²) >= 11 is 6.17. The van der Waals surface area contributed by atoms with E-state index in [0.29, 0.717) is 30.6 Å². The SMILES string of the molecule is COC1=CCC(Cc2ccc(F)nc2)C(F)=C1C1=CC=CC(Cl)C1. The second-order valence-corrected chi connectivity index (χ2v) is 6.48. The average molecular weight is 350 g/mol. The van der Waals surface area contributed by atoms with Gasteiger partial charge in [0, 0.05) is 12.1 Å². The number of ether oxygens (including phenoxy) is 1. The summed E-state index contributed by atoms with van der Waals surface area (Å²) in [5.74, 6) is -0.504. The average Bonchev–Trinajstić information content (AvgIpc) is 2.58. The second-order valence-electron chi connectivity index (χ2n) is 5.92. The van der Waals surface area contributed by atoms with Gasteiger partial charge in [-0.25, -0.2) is 9.37 Å². The third-order valence-electron chi connectivity index (χ3n) is 4.28. The van der Waals surface area contributed by atoms with Crippen molar-refractivity contribution < 1.29 is 13.5 Å². The molecule has 2 unspecified atom stereocenters. The van der Waals surface area contributed by atoms with E-state index in [-0.39, 0.29) is 17.1 Å². The van der Waals surface area contributed by atoms with Crippen LogP contribution in [0.1, 0.15) is 18.4 Å². The molecule has 0 N–H and O–H groups in total. The van der Waals surface area contributed by atoms with E-state index in [1.165, 1.54) is 12.3 Å². The third kappa shape index (κ3) is 3.59. The lowest BCUT2D eigenvalue weighted by Gasteiger charge is -2.26. The number of halogens is 3. The van der Waals surface area contributed by atoms with Crippen LogP contribution in [0.3, 0.4) is 0 Å². The molecule has 0 saturated heterocycles. The molecule has 2 nitrogen and oxygen atoms in total. The minimum atomic E-state index is -0.534. The molecule has 2 aliphatic rings. The zero-order valence-electron chi connectivity index (χ0n) is 13.3. The first-order valence-corrected chi connectivity index (χ1v) is 8.28. The van der Waals surface area contributed by atoms with Gasteiger partial charge in [-0.15, -0.1) is 11.6 Å². The fourth-order valence-corrected chi connectivity index (χ4v) is 3.33. The molecule has 1 heterocycles. The van der Waals surface area contributed by atoms with Crippen LogP contribution in [0.25, 0.3) is 0 Å². The second kappa shape index (κ2) is 7.31. The smallest absolute Gasteiger partial charge is 0.212 e. The molecule has 24 heavy (non-hydrogen) atoms. The largest absolute Gasteiger partial charge is 0.496 e. The predicted molar refractivity (Wildman–Crippen MR) is 90.7 cm³/mol. The highest BCUT2D eigenvalue weighted by Crippen LogP contribution is 2.39. The van der Waals surface area contributed by atoms with Crippen molar-refractivity contribution in [2.75, 3.05) is 7.11 Å². The van der Waals surface area contributed by atoms with Crippen LogP contribution in [0.5, 0.6) is 0 Å². The van der Waals surface area contributed by atoms with Gasteiger partial charge in [-0.05, 0) is 42.5 Å². The lowest BCUT2D eigenvalue weighted by molar-refractivity contribution is 0.286. The number of hydrogen-bond acceptors (Lipinski definition) is 2. The molecule has 0 saturated carbocycles. The fourth-order valence-electron chi connectivity index (χ4n) is 3.08. The van der Waals surface area contributed by atoms with Crippen molar-refractivity contribution in [3.05, 3.63) is 76.9 Å². The number of nitrogens with zero attached hydrogens (tertiary/aromatic N) is 1. The minimum Gasteiger partial charge on any atom is -0.496 e. The van der Waals surface area contributed by atoms with Gasteiger partial charge in [0.15, 0.2) is 0 Å². The van der Waals surface area contributed by atoms with Gasteiger partial charge >= 0.3 is 0 Å². The minimum absolute atomic E-state index is 0.148. The van der Waals surface area contributed by atoms with Crippen molar-refractivity contribution in [1.82, 2.24) is 4.98 Å². The van der Waals surface area contributed by atoms with Crippen molar-refractivity contribution in [1.29, 1.82) is 0 Å². The van der Waals surface area contributed by atoms with E-state index in [9.17, 15) is 4.39 Å². The van der Waals surface area contributed by atoms with Crippen LogP contribution in [0.4, 0.5) is 8.78 Å². The highest BCUT2D eigenvalue weighted by atomic mass is 35.5. The molecule has 0 amide bonds. The molecule has 2 aliphatic carbocycles. The van der Waals surface area contributed by atoms with Gasteiger partial charge in [-0.3, -0.25) is 0 Å². The lowest BCUT2D eigenvalue weighted by Crippen LogP contribution is -2.16. The molecule has 0 spiro atoms. The van der Waals surface area contributed by atoms with Crippen LogP contribution in [0, 0.1) is 11.9 Å². The first kappa shape index (κ1) is 16.9. The summed E-state index contributed by atoms with van der Waals surface area (Å²) in [5, 5.41) is -0.148. The molecular weight excluding hydrogens is 332 g/mol. The summed E-state index contributed by atoms with van der Waals surface area (Å²) in [5.41, 5.74) is 2.14. The van der Waals surface area contributed by atoms with E-state index in [4.69, 9.17) is 16.3 Å². The third-order valence-corrected chi connectivity index (χ3v) is 4.58. The topological polar surface area (TPSA) is 22.1 Å². The van der Waals surface area contributed by atoms with Crippen LogP contribution in [0.15, 0.2) is 65.4 Å². The van der Waals surface area contributed by atoms with E-state index < -0.39 is 5.95 Å². The van der Waals surface area contributed by atoms with Crippen molar-refractivity contribution in [3.63, 3.8) is 0 Å². The number of allylic oxidation sites excluding steroid dienone is 6. The number of pyridine rings is 1. The lowest BCUT2D eigenvalue weighted by atomic mass is 9.84. The van der Waals surface area contributed by atoms with Crippen LogP contribution in [0.2, 0.25) is 0 Å². The van der Waals surface area contributed by atoms with E-state index in [2.05, 4.69) is 4.98 Å².